The number of rotatable bonds is 5. The van der Waals surface area contributed by atoms with Crippen LogP contribution in [0.4, 0.5) is 0 Å². The number of carbonyl (C=O) groups excluding carboxylic acids is 1. The van der Waals surface area contributed by atoms with Gasteiger partial charge in [-0.15, -0.1) is 0 Å². The SMILES string of the molecule is CCC(N)CNC(=O)CC1CCCCC1. The second-order valence-electron chi connectivity index (χ2n) is 4.68. The summed E-state index contributed by atoms with van der Waals surface area (Å²) in [6.45, 7) is 2.67. The van der Waals surface area contributed by atoms with Crippen molar-refractivity contribution < 1.29 is 4.79 Å². The van der Waals surface area contributed by atoms with Crippen molar-refractivity contribution in [2.24, 2.45) is 11.7 Å². The fraction of sp³-hybridized carbons (Fsp3) is 0.917. The molecule has 1 amide bonds. The number of carbonyl (C=O) groups is 1. The van der Waals surface area contributed by atoms with E-state index in [1.807, 2.05) is 6.92 Å². The summed E-state index contributed by atoms with van der Waals surface area (Å²) in [5.41, 5.74) is 5.74. The van der Waals surface area contributed by atoms with Gasteiger partial charge in [0, 0.05) is 19.0 Å². The maximum Gasteiger partial charge on any atom is 0.220 e. The fourth-order valence-electron chi connectivity index (χ4n) is 2.11. The molecule has 3 N–H and O–H groups in total. The van der Waals surface area contributed by atoms with E-state index < -0.39 is 0 Å². The van der Waals surface area contributed by atoms with Crippen molar-refractivity contribution in [3.63, 3.8) is 0 Å². The van der Waals surface area contributed by atoms with Crippen LogP contribution in [0.15, 0.2) is 0 Å². The largest absolute Gasteiger partial charge is 0.355 e. The average Bonchev–Trinajstić information content (AvgIpc) is 2.27. The zero-order valence-corrected chi connectivity index (χ0v) is 9.80. The molecule has 3 nitrogen and oxygen atoms in total. The van der Waals surface area contributed by atoms with Gasteiger partial charge in [-0.25, -0.2) is 0 Å². The molecule has 1 rings (SSSR count). The van der Waals surface area contributed by atoms with Gasteiger partial charge < -0.3 is 11.1 Å². The summed E-state index contributed by atoms with van der Waals surface area (Å²) >= 11 is 0. The quantitative estimate of drug-likeness (QED) is 0.730. The predicted octanol–water partition coefficient (Wildman–Crippen LogP) is 1.81. The third kappa shape index (κ3) is 5.17. The van der Waals surface area contributed by atoms with Crippen LogP contribution < -0.4 is 11.1 Å². The van der Waals surface area contributed by atoms with Gasteiger partial charge in [0.2, 0.25) is 5.91 Å². The van der Waals surface area contributed by atoms with Crippen LogP contribution in [0.5, 0.6) is 0 Å². The highest BCUT2D eigenvalue weighted by Gasteiger charge is 2.16. The highest BCUT2D eigenvalue weighted by atomic mass is 16.1. The Morgan fingerprint density at radius 2 is 2.07 bits per heavy atom. The van der Waals surface area contributed by atoms with E-state index in [9.17, 15) is 4.79 Å². The van der Waals surface area contributed by atoms with Gasteiger partial charge in [0.25, 0.3) is 0 Å². The van der Waals surface area contributed by atoms with Crippen molar-refractivity contribution in [3.05, 3.63) is 0 Å². The molecule has 0 bridgehead atoms. The van der Waals surface area contributed by atoms with Crippen LogP contribution in [0, 0.1) is 5.92 Å². The van der Waals surface area contributed by atoms with Gasteiger partial charge in [-0.2, -0.15) is 0 Å². The Morgan fingerprint density at radius 1 is 1.40 bits per heavy atom. The molecule has 0 aliphatic heterocycles. The van der Waals surface area contributed by atoms with E-state index in [1.165, 1.54) is 32.1 Å². The maximum atomic E-state index is 11.6. The lowest BCUT2D eigenvalue weighted by Gasteiger charge is -2.21. The molecule has 1 atom stereocenters. The van der Waals surface area contributed by atoms with E-state index >= 15 is 0 Å². The average molecular weight is 212 g/mol. The smallest absolute Gasteiger partial charge is 0.220 e. The Labute approximate surface area is 92.8 Å². The second-order valence-corrected chi connectivity index (χ2v) is 4.68. The summed E-state index contributed by atoms with van der Waals surface area (Å²) in [6, 6.07) is 0.111. The Hall–Kier alpha value is -0.570. The Balaban J connectivity index is 2.11. The van der Waals surface area contributed by atoms with Gasteiger partial charge in [-0.1, -0.05) is 26.2 Å². The standard InChI is InChI=1S/C12H24N2O/c1-2-11(13)9-14-12(15)8-10-6-4-3-5-7-10/h10-11H,2-9,13H2,1H3,(H,14,15). The van der Waals surface area contributed by atoms with Crippen LogP contribution in [-0.2, 0) is 4.79 Å². The van der Waals surface area contributed by atoms with Crippen LogP contribution in [0.3, 0.4) is 0 Å². The lowest BCUT2D eigenvalue weighted by atomic mass is 9.87. The molecule has 3 heteroatoms. The van der Waals surface area contributed by atoms with E-state index in [0.717, 1.165) is 6.42 Å². The van der Waals surface area contributed by atoms with E-state index in [1.54, 1.807) is 0 Å². The maximum absolute atomic E-state index is 11.6. The molecule has 1 saturated carbocycles. The molecule has 0 aromatic heterocycles. The molecule has 0 aromatic rings. The second kappa shape index (κ2) is 6.83. The van der Waals surface area contributed by atoms with Crippen molar-refractivity contribution in [2.75, 3.05) is 6.54 Å². The third-order valence-electron chi connectivity index (χ3n) is 3.28. The molecule has 15 heavy (non-hydrogen) atoms. The summed E-state index contributed by atoms with van der Waals surface area (Å²) in [6.07, 6.45) is 8.03. The van der Waals surface area contributed by atoms with Gasteiger partial charge in [-0.05, 0) is 25.2 Å². The Bertz CT molecular complexity index is 188. The molecule has 0 saturated heterocycles. The summed E-state index contributed by atoms with van der Waals surface area (Å²) in [5, 5.41) is 2.92. The van der Waals surface area contributed by atoms with Gasteiger partial charge in [0.15, 0.2) is 0 Å². The van der Waals surface area contributed by atoms with Crippen molar-refractivity contribution in [1.82, 2.24) is 5.32 Å². The van der Waals surface area contributed by atoms with E-state index in [0.29, 0.717) is 18.9 Å². The van der Waals surface area contributed by atoms with Gasteiger partial charge in [-0.3, -0.25) is 4.79 Å². The molecule has 1 aliphatic rings. The Morgan fingerprint density at radius 3 is 2.67 bits per heavy atom. The number of hydrogen-bond acceptors (Lipinski definition) is 2. The third-order valence-corrected chi connectivity index (χ3v) is 3.28. The van der Waals surface area contributed by atoms with Crippen LogP contribution in [0.25, 0.3) is 0 Å². The first-order chi connectivity index (χ1) is 7.22. The normalized spacial score (nSPS) is 19.9. The number of hydrogen-bond donors (Lipinski definition) is 2. The molecule has 0 radical (unpaired) electrons. The molecular formula is C12H24N2O. The lowest BCUT2D eigenvalue weighted by molar-refractivity contribution is -0.122. The fourth-order valence-corrected chi connectivity index (χ4v) is 2.11. The summed E-state index contributed by atoms with van der Waals surface area (Å²) in [4.78, 5) is 11.6. The first-order valence-corrected chi connectivity index (χ1v) is 6.24. The van der Waals surface area contributed by atoms with Crippen molar-refractivity contribution in [2.45, 2.75) is 57.9 Å². The van der Waals surface area contributed by atoms with E-state index in [4.69, 9.17) is 5.73 Å². The van der Waals surface area contributed by atoms with Gasteiger partial charge >= 0.3 is 0 Å². The zero-order valence-electron chi connectivity index (χ0n) is 9.80. The monoisotopic (exact) mass is 212 g/mol. The van der Waals surface area contributed by atoms with Crippen molar-refractivity contribution >= 4 is 5.91 Å². The first kappa shape index (κ1) is 12.5. The minimum atomic E-state index is 0.111. The molecule has 0 aromatic carbocycles. The number of amides is 1. The molecule has 0 heterocycles. The molecule has 1 fully saturated rings. The van der Waals surface area contributed by atoms with Crippen molar-refractivity contribution in [1.29, 1.82) is 0 Å². The highest BCUT2D eigenvalue weighted by Crippen LogP contribution is 2.25. The summed E-state index contributed by atoms with van der Waals surface area (Å²) < 4.78 is 0. The van der Waals surface area contributed by atoms with E-state index in [2.05, 4.69) is 5.32 Å². The van der Waals surface area contributed by atoms with Crippen molar-refractivity contribution in [3.8, 4) is 0 Å². The minimum Gasteiger partial charge on any atom is -0.355 e. The highest BCUT2D eigenvalue weighted by molar-refractivity contribution is 5.76. The summed E-state index contributed by atoms with van der Waals surface area (Å²) in [5.74, 6) is 0.808. The van der Waals surface area contributed by atoms with Gasteiger partial charge in [0.05, 0.1) is 0 Å². The van der Waals surface area contributed by atoms with Crippen LogP contribution in [0.2, 0.25) is 0 Å². The van der Waals surface area contributed by atoms with Gasteiger partial charge in [0.1, 0.15) is 0 Å². The summed E-state index contributed by atoms with van der Waals surface area (Å²) in [7, 11) is 0. The molecule has 88 valence electrons. The first-order valence-electron chi connectivity index (χ1n) is 6.24. The molecule has 1 unspecified atom stereocenters. The number of nitrogens with one attached hydrogen (secondary N) is 1. The zero-order chi connectivity index (χ0) is 11.1. The molecular weight excluding hydrogens is 188 g/mol. The van der Waals surface area contributed by atoms with Crippen LogP contribution in [-0.4, -0.2) is 18.5 Å². The molecule has 1 aliphatic carbocycles. The lowest BCUT2D eigenvalue weighted by Crippen LogP contribution is -2.37. The van der Waals surface area contributed by atoms with Crippen LogP contribution >= 0.6 is 0 Å². The number of nitrogens with two attached hydrogens (primary N) is 1. The molecule has 0 spiro atoms. The Kier molecular flexibility index (Phi) is 5.69. The van der Waals surface area contributed by atoms with E-state index in [-0.39, 0.29) is 11.9 Å². The topological polar surface area (TPSA) is 55.1 Å². The predicted molar refractivity (Wildman–Crippen MR) is 62.5 cm³/mol. The van der Waals surface area contributed by atoms with Crippen LogP contribution in [0.1, 0.15) is 51.9 Å². The minimum absolute atomic E-state index is 0.111.